The lowest BCUT2D eigenvalue weighted by Crippen LogP contribution is -1.98. The van der Waals surface area contributed by atoms with Gasteiger partial charge in [0.15, 0.2) is 0 Å². The summed E-state index contributed by atoms with van der Waals surface area (Å²) in [4.78, 5) is 0. The van der Waals surface area contributed by atoms with E-state index in [4.69, 9.17) is 11.6 Å². The molecular formula is C7H10ClN3. The molecule has 0 spiro atoms. The third kappa shape index (κ3) is 1.38. The van der Waals surface area contributed by atoms with E-state index >= 15 is 0 Å². The largest absolute Gasteiger partial charge is 0.304 e. The van der Waals surface area contributed by atoms with Gasteiger partial charge in [0.25, 0.3) is 0 Å². The second-order valence-corrected chi connectivity index (χ2v) is 3.56. The van der Waals surface area contributed by atoms with Crippen LogP contribution in [-0.2, 0) is 6.54 Å². The van der Waals surface area contributed by atoms with Gasteiger partial charge in [-0.05, 0) is 29.9 Å². The zero-order chi connectivity index (χ0) is 7.84. The maximum absolute atomic E-state index is 5.75. The van der Waals surface area contributed by atoms with Crippen molar-refractivity contribution in [3.05, 3.63) is 11.6 Å². The van der Waals surface area contributed by atoms with Gasteiger partial charge in [-0.3, -0.25) is 0 Å². The van der Waals surface area contributed by atoms with Crippen LogP contribution in [0.25, 0.3) is 0 Å². The van der Waals surface area contributed by atoms with Crippen LogP contribution in [0.1, 0.15) is 13.3 Å². The molecule has 2 unspecified atom stereocenters. The highest BCUT2D eigenvalue weighted by atomic mass is 35.5. The minimum absolute atomic E-state index is 0.504. The number of nitrogens with zero attached hydrogens (tertiary/aromatic N) is 3. The van der Waals surface area contributed by atoms with Crippen LogP contribution in [-0.4, -0.2) is 14.8 Å². The molecule has 0 amide bonds. The summed E-state index contributed by atoms with van der Waals surface area (Å²) in [5.74, 6) is 1.65. The van der Waals surface area contributed by atoms with Crippen molar-refractivity contribution >= 4 is 11.6 Å². The van der Waals surface area contributed by atoms with E-state index in [2.05, 4.69) is 17.1 Å². The van der Waals surface area contributed by atoms with Crippen molar-refractivity contribution < 1.29 is 0 Å². The van der Waals surface area contributed by atoms with E-state index in [0.29, 0.717) is 5.28 Å². The molecule has 0 radical (unpaired) electrons. The van der Waals surface area contributed by atoms with E-state index in [0.717, 1.165) is 18.4 Å². The fourth-order valence-corrected chi connectivity index (χ4v) is 1.43. The van der Waals surface area contributed by atoms with Crippen LogP contribution in [0.5, 0.6) is 0 Å². The monoisotopic (exact) mass is 171 g/mol. The zero-order valence-electron chi connectivity index (χ0n) is 6.37. The quantitative estimate of drug-likeness (QED) is 0.677. The van der Waals surface area contributed by atoms with Crippen LogP contribution in [0.4, 0.5) is 0 Å². The van der Waals surface area contributed by atoms with Gasteiger partial charge < -0.3 is 4.57 Å². The van der Waals surface area contributed by atoms with Gasteiger partial charge in [-0.2, -0.15) is 0 Å². The SMILES string of the molecule is CC1CC1Cn1cnnc1Cl. The van der Waals surface area contributed by atoms with Gasteiger partial charge in [0.2, 0.25) is 5.28 Å². The molecule has 1 saturated carbocycles. The molecule has 1 aromatic rings. The molecule has 1 fully saturated rings. The Kier molecular flexibility index (Phi) is 1.60. The van der Waals surface area contributed by atoms with Gasteiger partial charge in [0.1, 0.15) is 6.33 Å². The molecule has 1 heterocycles. The van der Waals surface area contributed by atoms with Crippen LogP contribution in [0.15, 0.2) is 6.33 Å². The second-order valence-electron chi connectivity index (χ2n) is 3.23. The minimum Gasteiger partial charge on any atom is -0.304 e. The highest BCUT2D eigenvalue weighted by molar-refractivity contribution is 6.28. The predicted molar refractivity (Wildman–Crippen MR) is 42.3 cm³/mol. The van der Waals surface area contributed by atoms with E-state index in [1.807, 2.05) is 4.57 Å². The first-order chi connectivity index (χ1) is 5.27. The van der Waals surface area contributed by atoms with E-state index < -0.39 is 0 Å². The Morgan fingerprint density at radius 1 is 1.82 bits per heavy atom. The first-order valence-electron chi connectivity index (χ1n) is 3.80. The molecule has 3 nitrogen and oxygen atoms in total. The molecule has 0 saturated heterocycles. The third-order valence-electron chi connectivity index (χ3n) is 2.28. The van der Waals surface area contributed by atoms with E-state index in [1.54, 1.807) is 6.33 Å². The molecule has 11 heavy (non-hydrogen) atoms. The second kappa shape index (κ2) is 2.48. The summed E-state index contributed by atoms with van der Waals surface area (Å²) in [6, 6.07) is 0. The van der Waals surface area contributed by atoms with Gasteiger partial charge in [0.05, 0.1) is 0 Å². The molecule has 1 aliphatic rings. The minimum atomic E-state index is 0.504. The van der Waals surface area contributed by atoms with Crippen molar-refractivity contribution in [3.63, 3.8) is 0 Å². The summed E-state index contributed by atoms with van der Waals surface area (Å²) < 4.78 is 1.90. The number of rotatable bonds is 2. The Hall–Kier alpha value is -0.570. The fourth-order valence-electron chi connectivity index (χ4n) is 1.27. The highest BCUT2D eigenvalue weighted by Gasteiger charge is 2.32. The summed E-state index contributed by atoms with van der Waals surface area (Å²) in [5, 5.41) is 7.91. The van der Waals surface area contributed by atoms with Crippen molar-refractivity contribution in [2.45, 2.75) is 19.9 Å². The lowest BCUT2D eigenvalue weighted by Gasteiger charge is -1.98. The average Bonchev–Trinajstić information content (AvgIpc) is 2.48. The summed E-state index contributed by atoms with van der Waals surface area (Å²) in [6.07, 6.45) is 3.00. The van der Waals surface area contributed by atoms with E-state index in [-0.39, 0.29) is 0 Å². The first-order valence-corrected chi connectivity index (χ1v) is 4.18. The molecule has 0 aliphatic heterocycles. The molecule has 0 bridgehead atoms. The van der Waals surface area contributed by atoms with Crippen molar-refractivity contribution in [1.29, 1.82) is 0 Å². The molecule has 1 aromatic heterocycles. The van der Waals surface area contributed by atoms with Gasteiger partial charge >= 0.3 is 0 Å². The standard InChI is InChI=1S/C7H10ClN3/c1-5-2-6(5)3-11-4-9-10-7(11)8/h4-6H,2-3H2,1H3. The number of halogens is 1. The molecular weight excluding hydrogens is 162 g/mol. The number of hydrogen-bond donors (Lipinski definition) is 0. The molecule has 60 valence electrons. The maximum Gasteiger partial charge on any atom is 0.224 e. The Morgan fingerprint density at radius 2 is 2.55 bits per heavy atom. The van der Waals surface area contributed by atoms with Gasteiger partial charge in [-0.15, -0.1) is 10.2 Å². The highest BCUT2D eigenvalue weighted by Crippen LogP contribution is 2.39. The summed E-state index contributed by atoms with van der Waals surface area (Å²) in [6.45, 7) is 3.23. The predicted octanol–water partition coefficient (Wildman–Crippen LogP) is 1.59. The topological polar surface area (TPSA) is 30.7 Å². The molecule has 4 heteroatoms. The molecule has 0 N–H and O–H groups in total. The maximum atomic E-state index is 5.75. The number of aromatic nitrogens is 3. The Balaban J connectivity index is 2.01. The fraction of sp³-hybridized carbons (Fsp3) is 0.714. The molecule has 1 aliphatic carbocycles. The molecule has 2 atom stereocenters. The molecule has 2 rings (SSSR count). The van der Waals surface area contributed by atoms with Crippen molar-refractivity contribution in [1.82, 2.24) is 14.8 Å². The Bertz CT molecular complexity index is 258. The van der Waals surface area contributed by atoms with Crippen LogP contribution in [0.3, 0.4) is 0 Å². The Labute approximate surface area is 70.4 Å². The lowest BCUT2D eigenvalue weighted by molar-refractivity contribution is 0.592. The lowest BCUT2D eigenvalue weighted by atomic mass is 10.3. The van der Waals surface area contributed by atoms with Crippen molar-refractivity contribution in [2.75, 3.05) is 0 Å². The Morgan fingerprint density at radius 3 is 3.00 bits per heavy atom. The zero-order valence-corrected chi connectivity index (χ0v) is 7.12. The van der Waals surface area contributed by atoms with Crippen molar-refractivity contribution in [3.8, 4) is 0 Å². The van der Waals surface area contributed by atoms with E-state index in [1.165, 1.54) is 6.42 Å². The van der Waals surface area contributed by atoms with Gasteiger partial charge in [-0.25, -0.2) is 0 Å². The van der Waals surface area contributed by atoms with Crippen LogP contribution in [0, 0.1) is 11.8 Å². The smallest absolute Gasteiger partial charge is 0.224 e. The van der Waals surface area contributed by atoms with Gasteiger partial charge in [0, 0.05) is 6.54 Å². The average molecular weight is 172 g/mol. The van der Waals surface area contributed by atoms with E-state index in [9.17, 15) is 0 Å². The van der Waals surface area contributed by atoms with Gasteiger partial charge in [-0.1, -0.05) is 6.92 Å². The summed E-state index contributed by atoms with van der Waals surface area (Å²) in [5.41, 5.74) is 0. The van der Waals surface area contributed by atoms with Crippen LogP contribution < -0.4 is 0 Å². The normalized spacial score (nSPS) is 28.9. The summed E-state index contributed by atoms with van der Waals surface area (Å²) in [7, 11) is 0. The van der Waals surface area contributed by atoms with Crippen LogP contribution in [0.2, 0.25) is 5.28 Å². The van der Waals surface area contributed by atoms with Crippen molar-refractivity contribution in [2.24, 2.45) is 11.8 Å². The number of hydrogen-bond acceptors (Lipinski definition) is 2. The molecule has 0 aromatic carbocycles. The first kappa shape index (κ1) is 7.10. The summed E-state index contributed by atoms with van der Waals surface area (Å²) >= 11 is 5.75. The van der Waals surface area contributed by atoms with Crippen LogP contribution >= 0.6 is 11.6 Å². The third-order valence-corrected chi connectivity index (χ3v) is 2.57.